The number of hydrogen-bond donors (Lipinski definition) is 0. The van der Waals surface area contributed by atoms with Crippen LogP contribution in [0.3, 0.4) is 0 Å². The van der Waals surface area contributed by atoms with Crippen LogP contribution in [0.1, 0.15) is 31.3 Å². The van der Waals surface area contributed by atoms with E-state index in [1.165, 1.54) is 0 Å². The van der Waals surface area contributed by atoms with Gasteiger partial charge < -0.3 is 14.5 Å². The summed E-state index contributed by atoms with van der Waals surface area (Å²) < 4.78 is 7.38. The van der Waals surface area contributed by atoms with E-state index in [-0.39, 0.29) is 12.0 Å². The summed E-state index contributed by atoms with van der Waals surface area (Å²) in [6.07, 6.45) is 1.58. The van der Waals surface area contributed by atoms with E-state index in [4.69, 9.17) is 9.72 Å². The second-order valence-corrected chi connectivity index (χ2v) is 8.37. The number of hydrogen-bond acceptors (Lipinski definition) is 4. The quantitative estimate of drug-likeness (QED) is 0.651. The Morgan fingerprint density at radius 1 is 0.900 bits per heavy atom. The second-order valence-electron chi connectivity index (χ2n) is 8.37. The highest BCUT2D eigenvalue weighted by Gasteiger charge is 2.30. The molecule has 0 radical (unpaired) electrons. The van der Waals surface area contributed by atoms with E-state index in [1.807, 2.05) is 79.9 Å². The molecule has 0 atom stereocenters. The summed E-state index contributed by atoms with van der Waals surface area (Å²) in [5.74, 6) is 0.617. The fraction of sp³-hybridized carbons (Fsp3) is 0.348. The number of ether oxygens (including phenoxy) is 1. The minimum Gasteiger partial charge on any atom is -0.444 e. The molecule has 0 aliphatic carbocycles. The lowest BCUT2D eigenvalue weighted by atomic mass is 10.2. The molecule has 3 aromatic rings. The molecule has 4 rings (SSSR count). The molecule has 7 nitrogen and oxygen atoms in total. The number of pyridine rings is 1. The van der Waals surface area contributed by atoms with E-state index in [1.54, 1.807) is 9.80 Å². The van der Waals surface area contributed by atoms with Gasteiger partial charge in [0, 0.05) is 37.9 Å². The Hall–Kier alpha value is -3.35. The monoisotopic (exact) mass is 406 g/mol. The number of amides is 2. The van der Waals surface area contributed by atoms with Crippen molar-refractivity contribution in [1.82, 2.24) is 19.2 Å². The van der Waals surface area contributed by atoms with Gasteiger partial charge in [-0.05, 0) is 32.9 Å². The van der Waals surface area contributed by atoms with Gasteiger partial charge in [-0.15, -0.1) is 0 Å². The summed E-state index contributed by atoms with van der Waals surface area (Å²) in [5.41, 5.74) is 1.62. The first-order valence-corrected chi connectivity index (χ1v) is 10.1. The number of benzene rings is 1. The first-order valence-electron chi connectivity index (χ1n) is 10.1. The predicted molar refractivity (Wildman–Crippen MR) is 114 cm³/mol. The molecule has 0 unspecified atom stereocenters. The summed E-state index contributed by atoms with van der Waals surface area (Å²) in [6, 6.07) is 15.6. The third-order valence-electron chi connectivity index (χ3n) is 5.00. The minimum atomic E-state index is -0.535. The maximum Gasteiger partial charge on any atom is 0.410 e. The van der Waals surface area contributed by atoms with E-state index in [2.05, 4.69) is 0 Å². The number of carbonyl (C=O) groups excluding carboxylic acids is 2. The van der Waals surface area contributed by atoms with Crippen molar-refractivity contribution < 1.29 is 14.3 Å². The van der Waals surface area contributed by atoms with Gasteiger partial charge >= 0.3 is 6.09 Å². The van der Waals surface area contributed by atoms with Crippen LogP contribution >= 0.6 is 0 Å². The van der Waals surface area contributed by atoms with E-state index in [9.17, 15) is 9.59 Å². The van der Waals surface area contributed by atoms with Crippen molar-refractivity contribution in [2.45, 2.75) is 26.4 Å². The Labute approximate surface area is 175 Å². The van der Waals surface area contributed by atoms with E-state index < -0.39 is 5.60 Å². The lowest BCUT2D eigenvalue weighted by Gasteiger charge is -2.35. The number of carbonyl (C=O) groups is 2. The van der Waals surface area contributed by atoms with Gasteiger partial charge in [-0.2, -0.15) is 0 Å². The third kappa shape index (κ3) is 4.01. The Morgan fingerprint density at radius 2 is 1.53 bits per heavy atom. The summed E-state index contributed by atoms with van der Waals surface area (Å²) in [6.45, 7) is 7.32. The lowest BCUT2D eigenvalue weighted by Crippen LogP contribution is -2.51. The van der Waals surface area contributed by atoms with Crippen molar-refractivity contribution in [1.29, 1.82) is 0 Å². The van der Waals surface area contributed by atoms with Crippen molar-refractivity contribution in [2.75, 3.05) is 26.2 Å². The fourth-order valence-electron chi connectivity index (χ4n) is 3.55. The van der Waals surface area contributed by atoms with Crippen LogP contribution in [0.25, 0.3) is 16.9 Å². The van der Waals surface area contributed by atoms with Gasteiger partial charge in [-0.3, -0.25) is 9.20 Å². The Balaban J connectivity index is 1.54. The molecule has 1 fully saturated rings. The first kappa shape index (κ1) is 19.9. The topological polar surface area (TPSA) is 67.2 Å². The van der Waals surface area contributed by atoms with Crippen molar-refractivity contribution in [2.24, 2.45) is 0 Å². The van der Waals surface area contributed by atoms with Crippen LogP contribution in [0.2, 0.25) is 0 Å². The van der Waals surface area contributed by atoms with Gasteiger partial charge in [0.15, 0.2) is 5.69 Å². The van der Waals surface area contributed by atoms with Gasteiger partial charge in [-0.25, -0.2) is 9.78 Å². The van der Waals surface area contributed by atoms with Gasteiger partial charge in [0.2, 0.25) is 0 Å². The molecular weight excluding hydrogens is 380 g/mol. The molecule has 7 heteroatoms. The zero-order valence-corrected chi connectivity index (χ0v) is 17.5. The van der Waals surface area contributed by atoms with Crippen LogP contribution in [-0.2, 0) is 4.74 Å². The Morgan fingerprint density at radius 3 is 2.20 bits per heavy atom. The van der Waals surface area contributed by atoms with Crippen LogP contribution in [0.5, 0.6) is 0 Å². The molecule has 3 heterocycles. The van der Waals surface area contributed by atoms with Crippen molar-refractivity contribution in [3.63, 3.8) is 0 Å². The van der Waals surface area contributed by atoms with Crippen LogP contribution in [0.4, 0.5) is 4.79 Å². The molecule has 0 saturated carbocycles. The second kappa shape index (κ2) is 7.82. The average Bonchev–Trinajstić information content (AvgIpc) is 3.12. The Bertz CT molecular complexity index is 1060. The van der Waals surface area contributed by atoms with Crippen molar-refractivity contribution in [3.05, 3.63) is 60.4 Å². The van der Waals surface area contributed by atoms with Crippen LogP contribution < -0.4 is 0 Å². The molecular formula is C23H26N4O3. The minimum absolute atomic E-state index is 0.121. The van der Waals surface area contributed by atoms with E-state index in [0.29, 0.717) is 31.9 Å². The fourth-order valence-corrected chi connectivity index (χ4v) is 3.55. The summed E-state index contributed by atoms with van der Waals surface area (Å²) >= 11 is 0. The number of fused-ring (bicyclic) bond motifs is 1. The van der Waals surface area contributed by atoms with Crippen LogP contribution in [0, 0.1) is 0 Å². The highest BCUT2D eigenvalue weighted by Crippen LogP contribution is 2.24. The SMILES string of the molecule is CC(C)(C)OC(=O)N1CCN(C(=O)c2nc(-c3ccccc3)n3ccccc23)CC1. The van der Waals surface area contributed by atoms with E-state index >= 15 is 0 Å². The van der Waals surface area contributed by atoms with E-state index in [0.717, 1.165) is 16.9 Å². The first-order chi connectivity index (χ1) is 14.3. The van der Waals surface area contributed by atoms with Crippen molar-refractivity contribution >= 4 is 17.5 Å². The number of aromatic nitrogens is 2. The summed E-state index contributed by atoms with van der Waals surface area (Å²) in [4.78, 5) is 33.7. The molecule has 2 amide bonds. The molecule has 156 valence electrons. The molecule has 1 aliphatic rings. The zero-order chi connectivity index (χ0) is 21.3. The molecule has 0 N–H and O–H groups in total. The average molecular weight is 406 g/mol. The van der Waals surface area contributed by atoms with Gasteiger partial charge in [0.25, 0.3) is 5.91 Å². The van der Waals surface area contributed by atoms with Gasteiger partial charge in [0.05, 0.1) is 5.52 Å². The largest absolute Gasteiger partial charge is 0.444 e. The molecule has 0 spiro atoms. The van der Waals surface area contributed by atoms with Crippen LogP contribution in [-0.4, -0.2) is 63.0 Å². The smallest absolute Gasteiger partial charge is 0.410 e. The highest BCUT2D eigenvalue weighted by atomic mass is 16.6. The van der Waals surface area contributed by atoms with Gasteiger partial charge in [-0.1, -0.05) is 36.4 Å². The maximum absolute atomic E-state index is 13.3. The number of piperazine rings is 1. The molecule has 30 heavy (non-hydrogen) atoms. The summed E-state index contributed by atoms with van der Waals surface area (Å²) in [7, 11) is 0. The molecule has 1 aliphatic heterocycles. The maximum atomic E-state index is 13.3. The highest BCUT2D eigenvalue weighted by molar-refractivity contribution is 6.00. The normalized spacial score (nSPS) is 14.8. The molecule has 1 saturated heterocycles. The summed E-state index contributed by atoms with van der Waals surface area (Å²) in [5, 5.41) is 0. The number of imidazole rings is 1. The molecule has 2 aromatic heterocycles. The van der Waals surface area contributed by atoms with Crippen molar-refractivity contribution in [3.8, 4) is 11.4 Å². The predicted octanol–water partition coefficient (Wildman–Crippen LogP) is 3.69. The lowest BCUT2D eigenvalue weighted by molar-refractivity contribution is 0.0140. The Kier molecular flexibility index (Phi) is 5.20. The molecule has 1 aromatic carbocycles. The zero-order valence-electron chi connectivity index (χ0n) is 17.5. The van der Waals surface area contributed by atoms with Gasteiger partial charge in [0.1, 0.15) is 11.4 Å². The van der Waals surface area contributed by atoms with Crippen LogP contribution in [0.15, 0.2) is 54.7 Å². The number of nitrogens with zero attached hydrogens (tertiary/aromatic N) is 4. The third-order valence-corrected chi connectivity index (χ3v) is 5.00. The number of rotatable bonds is 2. The standard InChI is InChI=1S/C23H26N4O3/c1-23(2,3)30-22(29)26-15-13-25(14-16-26)21(28)19-18-11-7-8-12-27(18)20(24-19)17-9-5-4-6-10-17/h4-12H,13-16H2,1-3H3. The molecule has 0 bridgehead atoms.